The lowest BCUT2D eigenvalue weighted by Gasteiger charge is -2.10. The zero-order valence-corrected chi connectivity index (χ0v) is 12.9. The predicted molar refractivity (Wildman–Crippen MR) is 87.0 cm³/mol. The van der Waals surface area contributed by atoms with Gasteiger partial charge in [-0.15, -0.1) is 0 Å². The van der Waals surface area contributed by atoms with Gasteiger partial charge in [-0.05, 0) is 55.7 Å². The van der Waals surface area contributed by atoms with Crippen LogP contribution in [0.4, 0.5) is 11.5 Å². The van der Waals surface area contributed by atoms with Crippen LogP contribution in [0.15, 0.2) is 30.3 Å². The van der Waals surface area contributed by atoms with Gasteiger partial charge < -0.3 is 10.6 Å². The third kappa shape index (κ3) is 3.81. The lowest BCUT2D eigenvalue weighted by atomic mass is 10.1. The molecule has 0 atom stereocenters. The molecule has 0 saturated carbocycles. The molecule has 0 fully saturated rings. The Bertz CT molecular complexity index is 623. The smallest absolute Gasteiger partial charge is 0.255 e. The van der Waals surface area contributed by atoms with E-state index in [0.29, 0.717) is 11.4 Å². The Labute approximate surface area is 125 Å². The summed E-state index contributed by atoms with van der Waals surface area (Å²) in [5, 5.41) is 5.94. The number of hydrogen-bond donors (Lipinski definition) is 2. The highest BCUT2D eigenvalue weighted by molar-refractivity contribution is 6.04. The van der Waals surface area contributed by atoms with Crippen molar-refractivity contribution >= 4 is 17.4 Å². The predicted octanol–water partition coefficient (Wildman–Crippen LogP) is 3.55. The number of aromatic nitrogens is 1. The van der Waals surface area contributed by atoms with Crippen LogP contribution in [-0.4, -0.2) is 17.9 Å². The Morgan fingerprint density at radius 1 is 1.10 bits per heavy atom. The van der Waals surface area contributed by atoms with Crippen molar-refractivity contribution in [2.45, 2.75) is 27.2 Å². The van der Waals surface area contributed by atoms with E-state index in [-0.39, 0.29) is 5.91 Å². The second-order valence-corrected chi connectivity index (χ2v) is 5.17. The molecule has 1 aromatic heterocycles. The molecule has 0 unspecified atom stereocenters. The average molecular weight is 283 g/mol. The van der Waals surface area contributed by atoms with Gasteiger partial charge in [-0.2, -0.15) is 0 Å². The molecule has 0 aliphatic rings. The van der Waals surface area contributed by atoms with Crippen molar-refractivity contribution in [2.24, 2.45) is 0 Å². The van der Waals surface area contributed by atoms with E-state index in [9.17, 15) is 4.79 Å². The quantitative estimate of drug-likeness (QED) is 0.902. The van der Waals surface area contributed by atoms with E-state index >= 15 is 0 Å². The molecule has 0 radical (unpaired) electrons. The van der Waals surface area contributed by atoms with E-state index in [1.54, 1.807) is 13.1 Å². The van der Waals surface area contributed by atoms with Crippen molar-refractivity contribution in [3.8, 4) is 0 Å². The number of nitrogens with one attached hydrogen (secondary N) is 2. The van der Waals surface area contributed by atoms with E-state index < -0.39 is 0 Å². The summed E-state index contributed by atoms with van der Waals surface area (Å²) in [5.41, 5.74) is 4.59. The van der Waals surface area contributed by atoms with Gasteiger partial charge >= 0.3 is 0 Å². The molecule has 0 aliphatic heterocycles. The number of rotatable bonds is 4. The molecule has 2 aromatic rings. The van der Waals surface area contributed by atoms with E-state index in [0.717, 1.165) is 28.9 Å². The van der Waals surface area contributed by atoms with Crippen LogP contribution in [0.2, 0.25) is 0 Å². The summed E-state index contributed by atoms with van der Waals surface area (Å²) < 4.78 is 0. The minimum absolute atomic E-state index is 0.117. The van der Waals surface area contributed by atoms with Crippen molar-refractivity contribution in [2.75, 3.05) is 17.7 Å². The maximum atomic E-state index is 12.4. The molecule has 1 heterocycles. The van der Waals surface area contributed by atoms with Crippen molar-refractivity contribution in [3.05, 3.63) is 52.7 Å². The highest BCUT2D eigenvalue weighted by Gasteiger charge is 2.10. The molecule has 0 aliphatic carbocycles. The Morgan fingerprint density at radius 3 is 2.33 bits per heavy atom. The zero-order valence-electron chi connectivity index (χ0n) is 12.9. The van der Waals surface area contributed by atoms with Crippen molar-refractivity contribution in [1.29, 1.82) is 0 Å². The Hall–Kier alpha value is -2.36. The van der Waals surface area contributed by atoms with Gasteiger partial charge in [0.2, 0.25) is 0 Å². The molecule has 0 bridgehead atoms. The molecular formula is C17H21N3O. The third-order valence-electron chi connectivity index (χ3n) is 3.24. The van der Waals surface area contributed by atoms with Crippen LogP contribution in [0.25, 0.3) is 0 Å². The van der Waals surface area contributed by atoms with Gasteiger partial charge in [0.05, 0.1) is 0 Å². The summed E-state index contributed by atoms with van der Waals surface area (Å²) in [7, 11) is 1.80. The van der Waals surface area contributed by atoms with E-state index in [4.69, 9.17) is 0 Å². The highest BCUT2D eigenvalue weighted by atomic mass is 16.1. The summed E-state index contributed by atoms with van der Waals surface area (Å²) in [6.45, 7) is 6.06. The molecule has 1 aromatic carbocycles. The molecule has 2 N–H and O–H groups in total. The first-order valence-electron chi connectivity index (χ1n) is 7.10. The van der Waals surface area contributed by atoms with Gasteiger partial charge in [0.15, 0.2) is 0 Å². The first-order valence-corrected chi connectivity index (χ1v) is 7.10. The van der Waals surface area contributed by atoms with Crippen LogP contribution in [-0.2, 0) is 6.42 Å². The monoisotopic (exact) mass is 283 g/mol. The largest absolute Gasteiger partial charge is 0.373 e. The molecule has 2 rings (SSSR count). The van der Waals surface area contributed by atoms with Crippen LogP contribution >= 0.6 is 0 Å². The maximum absolute atomic E-state index is 12.4. The van der Waals surface area contributed by atoms with Crippen LogP contribution in [0, 0.1) is 13.8 Å². The summed E-state index contributed by atoms with van der Waals surface area (Å²) >= 11 is 0. The number of anilines is 2. The fraction of sp³-hybridized carbons (Fsp3) is 0.294. The summed E-state index contributed by atoms with van der Waals surface area (Å²) in [6, 6.07) is 9.60. The van der Waals surface area contributed by atoms with Gasteiger partial charge in [0.25, 0.3) is 5.91 Å². The lowest BCUT2D eigenvalue weighted by molar-refractivity contribution is 0.102. The van der Waals surface area contributed by atoms with E-state index in [1.807, 2.05) is 39.0 Å². The number of nitrogens with zero attached hydrogens (tertiary/aromatic N) is 1. The van der Waals surface area contributed by atoms with Gasteiger partial charge in [0, 0.05) is 24.0 Å². The van der Waals surface area contributed by atoms with Gasteiger partial charge in [-0.25, -0.2) is 4.98 Å². The van der Waals surface area contributed by atoms with Crippen LogP contribution in [0.5, 0.6) is 0 Å². The van der Waals surface area contributed by atoms with Crippen LogP contribution < -0.4 is 10.6 Å². The molecule has 21 heavy (non-hydrogen) atoms. The fourth-order valence-electron chi connectivity index (χ4n) is 2.28. The Morgan fingerprint density at radius 2 is 1.76 bits per heavy atom. The van der Waals surface area contributed by atoms with Gasteiger partial charge in [0.1, 0.15) is 5.82 Å². The third-order valence-corrected chi connectivity index (χ3v) is 3.24. The first kappa shape index (κ1) is 15.0. The van der Waals surface area contributed by atoms with Gasteiger partial charge in [-0.3, -0.25) is 4.79 Å². The number of carbonyl (C=O) groups is 1. The zero-order chi connectivity index (χ0) is 15.4. The maximum Gasteiger partial charge on any atom is 0.255 e. The first-order chi connectivity index (χ1) is 10.0. The fourth-order valence-corrected chi connectivity index (χ4v) is 2.28. The minimum Gasteiger partial charge on any atom is -0.373 e. The second-order valence-electron chi connectivity index (χ2n) is 5.17. The molecule has 4 heteroatoms. The van der Waals surface area contributed by atoms with E-state index in [1.165, 1.54) is 0 Å². The number of aryl methyl sites for hydroxylation is 3. The molecule has 4 nitrogen and oxygen atoms in total. The molecule has 0 saturated heterocycles. The minimum atomic E-state index is -0.117. The second kappa shape index (κ2) is 6.39. The van der Waals surface area contributed by atoms with Crippen LogP contribution in [0.1, 0.15) is 34.1 Å². The van der Waals surface area contributed by atoms with Crippen LogP contribution in [0.3, 0.4) is 0 Å². The molecule has 1 amide bonds. The normalized spacial score (nSPS) is 10.3. The SMILES string of the molecule is CCc1cc(C(=O)Nc2cc(C)cc(C)c2)cc(NC)n1. The van der Waals surface area contributed by atoms with Crippen molar-refractivity contribution < 1.29 is 4.79 Å². The Kier molecular flexibility index (Phi) is 4.58. The number of benzene rings is 1. The van der Waals surface area contributed by atoms with Gasteiger partial charge in [-0.1, -0.05) is 13.0 Å². The number of amides is 1. The summed E-state index contributed by atoms with van der Waals surface area (Å²) in [6.07, 6.45) is 0.791. The van der Waals surface area contributed by atoms with Crippen molar-refractivity contribution in [1.82, 2.24) is 4.98 Å². The standard InChI is InChI=1S/C17H21N3O/c1-5-14-9-13(10-16(18-4)19-14)17(21)20-15-7-11(2)6-12(3)8-15/h6-10H,5H2,1-4H3,(H,18,19)(H,20,21). The van der Waals surface area contributed by atoms with E-state index in [2.05, 4.69) is 21.7 Å². The highest BCUT2D eigenvalue weighted by Crippen LogP contribution is 2.16. The number of pyridine rings is 1. The lowest BCUT2D eigenvalue weighted by Crippen LogP contribution is -2.13. The topological polar surface area (TPSA) is 54.0 Å². The Balaban J connectivity index is 2.27. The molecular weight excluding hydrogens is 262 g/mol. The number of carbonyl (C=O) groups excluding carboxylic acids is 1. The molecule has 110 valence electrons. The molecule has 0 spiro atoms. The summed E-state index contributed by atoms with van der Waals surface area (Å²) in [4.78, 5) is 16.8. The van der Waals surface area contributed by atoms with Crippen molar-refractivity contribution in [3.63, 3.8) is 0 Å². The average Bonchev–Trinajstić information content (AvgIpc) is 2.45. The summed E-state index contributed by atoms with van der Waals surface area (Å²) in [5.74, 6) is 0.591. The number of hydrogen-bond acceptors (Lipinski definition) is 3.